The molecular formula is C32H36O7. The van der Waals surface area contributed by atoms with E-state index < -0.39 is 11.9 Å². The molecule has 0 radical (unpaired) electrons. The van der Waals surface area contributed by atoms with E-state index in [4.69, 9.17) is 14.2 Å². The molecular weight excluding hydrogens is 496 g/mol. The van der Waals surface area contributed by atoms with Gasteiger partial charge < -0.3 is 19.3 Å². The first-order valence-electron chi connectivity index (χ1n) is 13.3. The van der Waals surface area contributed by atoms with Crippen molar-refractivity contribution in [3.63, 3.8) is 0 Å². The van der Waals surface area contributed by atoms with Crippen LogP contribution >= 0.6 is 0 Å². The second-order valence-corrected chi connectivity index (χ2v) is 10.1. The van der Waals surface area contributed by atoms with Gasteiger partial charge in [0, 0.05) is 5.56 Å². The number of carbonyl (C=O) groups is 3. The van der Waals surface area contributed by atoms with Gasteiger partial charge in [-0.15, -0.1) is 0 Å². The Labute approximate surface area is 229 Å². The first kappa shape index (κ1) is 29.4. The lowest BCUT2D eigenvalue weighted by atomic mass is 9.87. The maximum absolute atomic E-state index is 13.1. The highest BCUT2D eigenvalue weighted by molar-refractivity contribution is 5.94. The van der Waals surface area contributed by atoms with Crippen LogP contribution in [-0.2, 0) is 11.2 Å². The monoisotopic (exact) mass is 532 g/mol. The number of unbranched alkanes of at least 4 members (excludes halogenated alkanes) is 1. The highest BCUT2D eigenvalue weighted by Crippen LogP contribution is 2.35. The van der Waals surface area contributed by atoms with Crippen LogP contribution in [0.3, 0.4) is 0 Å². The quantitative estimate of drug-likeness (QED) is 0.160. The van der Waals surface area contributed by atoms with Crippen molar-refractivity contribution in [1.82, 2.24) is 0 Å². The smallest absolute Gasteiger partial charge is 0.343 e. The van der Waals surface area contributed by atoms with E-state index in [1.54, 1.807) is 12.1 Å². The highest BCUT2D eigenvalue weighted by atomic mass is 16.5. The van der Waals surface area contributed by atoms with E-state index in [2.05, 4.69) is 13.8 Å². The van der Waals surface area contributed by atoms with Crippen molar-refractivity contribution in [2.75, 3.05) is 6.61 Å². The van der Waals surface area contributed by atoms with Crippen LogP contribution in [0.2, 0.25) is 0 Å². The van der Waals surface area contributed by atoms with Gasteiger partial charge in [-0.05, 0) is 90.9 Å². The summed E-state index contributed by atoms with van der Waals surface area (Å²) in [5.41, 5.74) is 2.71. The highest BCUT2D eigenvalue weighted by Gasteiger charge is 2.24. The zero-order valence-corrected chi connectivity index (χ0v) is 23.2. The largest absolute Gasteiger partial charge is 0.508 e. The first-order chi connectivity index (χ1) is 18.6. The number of aromatic hydroxyl groups is 1. The van der Waals surface area contributed by atoms with E-state index in [0.717, 1.165) is 24.0 Å². The minimum atomic E-state index is -0.585. The summed E-state index contributed by atoms with van der Waals surface area (Å²) in [4.78, 5) is 38.3. The maximum Gasteiger partial charge on any atom is 0.343 e. The van der Waals surface area contributed by atoms with Gasteiger partial charge in [-0.2, -0.15) is 0 Å². The fourth-order valence-electron chi connectivity index (χ4n) is 4.15. The molecule has 7 heteroatoms. The summed E-state index contributed by atoms with van der Waals surface area (Å²) in [6.07, 6.45) is 2.37. The lowest BCUT2D eigenvalue weighted by Crippen LogP contribution is -2.16. The number of rotatable bonds is 11. The van der Waals surface area contributed by atoms with E-state index in [0.29, 0.717) is 24.3 Å². The summed E-state index contributed by atoms with van der Waals surface area (Å²) in [6, 6.07) is 15.1. The van der Waals surface area contributed by atoms with Crippen LogP contribution in [0.15, 0.2) is 60.7 Å². The normalized spacial score (nSPS) is 10.9. The second kappa shape index (κ2) is 13.6. The topological polar surface area (TPSA) is 99.1 Å². The summed E-state index contributed by atoms with van der Waals surface area (Å²) < 4.78 is 16.7. The molecule has 0 aliphatic rings. The van der Waals surface area contributed by atoms with E-state index in [1.807, 2.05) is 20.8 Å². The SMILES string of the molecule is CCCCOC(=O)c1ccc(OC(=O)c2ccc(OC(=O)c3ccc(O)cc3)cc2)c(C(C)C)c1CC(C)C. The number of hydrogen-bond acceptors (Lipinski definition) is 7. The van der Waals surface area contributed by atoms with Crippen LogP contribution in [-0.4, -0.2) is 29.6 Å². The molecule has 0 aliphatic carbocycles. The van der Waals surface area contributed by atoms with Gasteiger partial charge in [-0.1, -0.05) is 41.0 Å². The molecule has 0 spiro atoms. The Balaban J connectivity index is 1.81. The van der Waals surface area contributed by atoms with Gasteiger partial charge in [0.2, 0.25) is 0 Å². The number of phenolic OH excluding ortho intramolecular Hbond substituents is 1. The van der Waals surface area contributed by atoms with Crippen molar-refractivity contribution in [2.24, 2.45) is 5.92 Å². The summed E-state index contributed by atoms with van der Waals surface area (Å²) in [5, 5.41) is 9.38. The first-order valence-corrected chi connectivity index (χ1v) is 13.3. The van der Waals surface area contributed by atoms with Crippen molar-refractivity contribution >= 4 is 17.9 Å². The van der Waals surface area contributed by atoms with Crippen LogP contribution in [0, 0.1) is 5.92 Å². The van der Waals surface area contributed by atoms with Gasteiger partial charge in [-0.25, -0.2) is 14.4 Å². The Morgan fingerprint density at radius 3 is 1.92 bits per heavy atom. The van der Waals surface area contributed by atoms with E-state index >= 15 is 0 Å². The molecule has 206 valence electrons. The molecule has 0 heterocycles. The Kier molecular flexibility index (Phi) is 10.3. The molecule has 7 nitrogen and oxygen atoms in total. The van der Waals surface area contributed by atoms with Gasteiger partial charge in [0.25, 0.3) is 0 Å². The molecule has 0 amide bonds. The average Bonchev–Trinajstić information content (AvgIpc) is 2.89. The number of esters is 3. The van der Waals surface area contributed by atoms with Gasteiger partial charge in [0.1, 0.15) is 17.2 Å². The molecule has 0 aromatic heterocycles. The number of hydrogen-bond donors (Lipinski definition) is 1. The van der Waals surface area contributed by atoms with Crippen molar-refractivity contribution in [1.29, 1.82) is 0 Å². The fraction of sp³-hybridized carbons (Fsp3) is 0.344. The zero-order valence-electron chi connectivity index (χ0n) is 23.2. The zero-order chi connectivity index (χ0) is 28.5. The van der Waals surface area contributed by atoms with Crippen LogP contribution < -0.4 is 9.47 Å². The summed E-state index contributed by atoms with van der Waals surface area (Å²) in [7, 11) is 0. The van der Waals surface area contributed by atoms with Crippen molar-refractivity contribution in [2.45, 2.75) is 59.8 Å². The number of ether oxygens (including phenoxy) is 3. The molecule has 0 bridgehead atoms. The Morgan fingerprint density at radius 2 is 1.36 bits per heavy atom. The van der Waals surface area contributed by atoms with Crippen molar-refractivity contribution < 1.29 is 33.7 Å². The lowest BCUT2D eigenvalue weighted by Gasteiger charge is -2.21. The van der Waals surface area contributed by atoms with E-state index in [9.17, 15) is 19.5 Å². The molecule has 3 aromatic rings. The van der Waals surface area contributed by atoms with Gasteiger partial charge in [0.15, 0.2) is 0 Å². The standard InChI is InChI=1S/C32H36O7/c1-6-7-18-37-32(36)26-16-17-28(29(21(4)5)27(26)19-20(2)3)39-31(35)23-10-14-25(15-11-23)38-30(34)22-8-12-24(33)13-9-22/h8-17,20-21,33H,6-7,18-19H2,1-5H3. The van der Waals surface area contributed by atoms with Crippen LogP contribution in [0.25, 0.3) is 0 Å². The third-order valence-corrected chi connectivity index (χ3v) is 6.06. The average molecular weight is 533 g/mol. The minimum Gasteiger partial charge on any atom is -0.508 e. The molecule has 0 fully saturated rings. The molecule has 0 unspecified atom stereocenters. The predicted octanol–water partition coefficient (Wildman–Crippen LogP) is 7.11. The second-order valence-electron chi connectivity index (χ2n) is 10.1. The maximum atomic E-state index is 13.1. The van der Waals surface area contributed by atoms with E-state index in [1.165, 1.54) is 48.5 Å². The molecule has 0 saturated carbocycles. The van der Waals surface area contributed by atoms with Gasteiger partial charge in [-0.3, -0.25) is 0 Å². The summed E-state index contributed by atoms with van der Waals surface area (Å²) in [6.45, 7) is 10.6. The Bertz CT molecular complexity index is 1290. The lowest BCUT2D eigenvalue weighted by molar-refractivity contribution is 0.0497. The van der Waals surface area contributed by atoms with Crippen LogP contribution in [0.4, 0.5) is 0 Å². The Morgan fingerprint density at radius 1 is 0.769 bits per heavy atom. The summed E-state index contributed by atoms with van der Waals surface area (Å²) >= 11 is 0. The predicted molar refractivity (Wildman–Crippen MR) is 149 cm³/mol. The third-order valence-electron chi connectivity index (χ3n) is 6.06. The fourth-order valence-corrected chi connectivity index (χ4v) is 4.15. The number of phenols is 1. The van der Waals surface area contributed by atoms with Crippen molar-refractivity contribution in [3.05, 3.63) is 88.5 Å². The molecule has 1 N–H and O–H groups in total. The molecule has 3 aromatic carbocycles. The molecule has 3 rings (SSSR count). The van der Waals surface area contributed by atoms with E-state index in [-0.39, 0.29) is 40.4 Å². The number of carbonyl (C=O) groups excluding carboxylic acids is 3. The minimum absolute atomic E-state index is 0.00775. The van der Waals surface area contributed by atoms with Crippen LogP contribution in [0.5, 0.6) is 17.2 Å². The molecule has 0 aliphatic heterocycles. The van der Waals surface area contributed by atoms with Gasteiger partial charge in [0.05, 0.1) is 23.3 Å². The van der Waals surface area contributed by atoms with Crippen LogP contribution in [0.1, 0.15) is 95.6 Å². The molecule has 0 atom stereocenters. The van der Waals surface area contributed by atoms with Gasteiger partial charge >= 0.3 is 17.9 Å². The molecule has 0 saturated heterocycles. The molecule has 39 heavy (non-hydrogen) atoms. The van der Waals surface area contributed by atoms with Crippen molar-refractivity contribution in [3.8, 4) is 17.2 Å². The summed E-state index contributed by atoms with van der Waals surface area (Å²) in [5.74, 6) is -0.542. The Hall–Kier alpha value is -4.13. The number of benzene rings is 3. The third kappa shape index (κ3) is 7.93.